The van der Waals surface area contributed by atoms with Gasteiger partial charge < -0.3 is 10.6 Å². The van der Waals surface area contributed by atoms with Crippen molar-refractivity contribution in [3.8, 4) is 0 Å². The lowest BCUT2D eigenvalue weighted by Gasteiger charge is -2.08. The van der Waals surface area contributed by atoms with Crippen molar-refractivity contribution < 1.29 is 9.59 Å². The Kier molecular flexibility index (Phi) is 8.17. The lowest BCUT2D eigenvalue weighted by atomic mass is 10.1. The maximum Gasteiger partial charge on any atom is 0.255 e. The first-order valence-corrected chi connectivity index (χ1v) is 11.2. The molecule has 0 aliphatic heterocycles. The summed E-state index contributed by atoms with van der Waals surface area (Å²) in [5.41, 5.74) is 3.18. The molecule has 9 heteroatoms. The monoisotopic (exact) mass is 438 g/mol. The van der Waals surface area contributed by atoms with Crippen LogP contribution in [0.5, 0.6) is 0 Å². The number of tetrazole rings is 1. The molecule has 1 aromatic heterocycles. The molecule has 8 nitrogen and oxygen atoms in total. The van der Waals surface area contributed by atoms with Gasteiger partial charge in [0.25, 0.3) is 5.91 Å². The van der Waals surface area contributed by atoms with Gasteiger partial charge in [-0.1, -0.05) is 43.7 Å². The third kappa shape index (κ3) is 6.92. The molecule has 2 amide bonds. The van der Waals surface area contributed by atoms with Crippen LogP contribution in [-0.4, -0.2) is 37.8 Å². The first-order chi connectivity index (χ1) is 15.0. The number of hydrogen-bond acceptors (Lipinski definition) is 6. The molecular formula is C22H26N6O2S. The highest BCUT2D eigenvalue weighted by molar-refractivity contribution is 7.99. The Morgan fingerprint density at radius 2 is 1.65 bits per heavy atom. The standard InChI is InChI=1S/C22H26N6O2S/c1-3-4-5-6-16-7-11-19(12-8-16)24-21(30)17-9-13-18(14-10-17)23-20(29)15-31-22-25-26-27-28(22)2/h7-14H,3-6,15H2,1-2H3,(H,23,29)(H,24,30). The zero-order valence-corrected chi connectivity index (χ0v) is 18.5. The van der Waals surface area contributed by atoms with E-state index in [1.807, 2.05) is 12.1 Å². The van der Waals surface area contributed by atoms with Crippen LogP contribution in [0.4, 0.5) is 11.4 Å². The van der Waals surface area contributed by atoms with Crippen molar-refractivity contribution >= 4 is 35.0 Å². The fourth-order valence-corrected chi connectivity index (χ4v) is 3.56. The van der Waals surface area contributed by atoms with Crippen molar-refractivity contribution in [3.63, 3.8) is 0 Å². The van der Waals surface area contributed by atoms with Crippen LogP contribution in [-0.2, 0) is 18.3 Å². The van der Waals surface area contributed by atoms with E-state index in [1.165, 1.54) is 41.3 Å². The molecule has 0 spiro atoms. The maximum absolute atomic E-state index is 12.5. The number of rotatable bonds is 10. The molecule has 3 rings (SSSR count). The van der Waals surface area contributed by atoms with E-state index >= 15 is 0 Å². The minimum atomic E-state index is -0.193. The lowest BCUT2D eigenvalue weighted by Crippen LogP contribution is -2.15. The molecule has 0 saturated carbocycles. The van der Waals surface area contributed by atoms with Gasteiger partial charge in [-0.2, -0.15) is 0 Å². The quantitative estimate of drug-likeness (QED) is 0.367. The number of carbonyl (C=O) groups is 2. The number of carbonyl (C=O) groups excluding carboxylic acids is 2. The molecule has 0 bridgehead atoms. The average Bonchev–Trinajstić information content (AvgIpc) is 3.19. The van der Waals surface area contributed by atoms with Gasteiger partial charge in [-0.3, -0.25) is 9.59 Å². The molecule has 0 unspecified atom stereocenters. The summed E-state index contributed by atoms with van der Waals surface area (Å²) in [6.45, 7) is 2.19. The van der Waals surface area contributed by atoms with Crippen LogP contribution >= 0.6 is 11.8 Å². The van der Waals surface area contributed by atoms with Gasteiger partial charge in [-0.05, 0) is 65.2 Å². The number of anilines is 2. The summed E-state index contributed by atoms with van der Waals surface area (Å²) in [4.78, 5) is 24.6. The molecule has 2 aromatic carbocycles. The minimum Gasteiger partial charge on any atom is -0.325 e. The average molecular weight is 439 g/mol. The van der Waals surface area contributed by atoms with Crippen molar-refractivity contribution in [1.82, 2.24) is 20.2 Å². The molecule has 162 valence electrons. The van der Waals surface area contributed by atoms with Gasteiger partial charge >= 0.3 is 0 Å². The summed E-state index contributed by atoms with van der Waals surface area (Å²) >= 11 is 1.25. The number of hydrogen-bond donors (Lipinski definition) is 2. The topological polar surface area (TPSA) is 102 Å². The van der Waals surface area contributed by atoms with Gasteiger partial charge in [-0.25, -0.2) is 4.68 Å². The number of thioether (sulfide) groups is 1. The summed E-state index contributed by atoms with van der Waals surface area (Å²) < 4.78 is 1.51. The number of nitrogens with one attached hydrogen (secondary N) is 2. The van der Waals surface area contributed by atoms with Gasteiger partial charge in [-0.15, -0.1) is 5.10 Å². The van der Waals surface area contributed by atoms with Crippen LogP contribution in [0.3, 0.4) is 0 Å². The van der Waals surface area contributed by atoms with Crippen LogP contribution in [0.1, 0.15) is 42.1 Å². The minimum absolute atomic E-state index is 0.177. The molecule has 0 aliphatic rings. The molecule has 1 heterocycles. The third-order valence-electron chi connectivity index (χ3n) is 4.63. The predicted molar refractivity (Wildman–Crippen MR) is 122 cm³/mol. The Labute approximate surface area is 185 Å². The molecular weight excluding hydrogens is 412 g/mol. The molecule has 0 aliphatic carbocycles. The van der Waals surface area contributed by atoms with Crippen molar-refractivity contribution in [2.45, 2.75) is 37.8 Å². The molecule has 0 fully saturated rings. The molecule has 31 heavy (non-hydrogen) atoms. The highest BCUT2D eigenvalue weighted by Gasteiger charge is 2.10. The highest BCUT2D eigenvalue weighted by atomic mass is 32.2. The summed E-state index contributed by atoms with van der Waals surface area (Å²) in [5.74, 6) is -0.184. The molecule has 0 radical (unpaired) electrons. The van der Waals surface area contributed by atoms with Crippen LogP contribution in [0.2, 0.25) is 0 Å². The SMILES string of the molecule is CCCCCc1ccc(NC(=O)c2ccc(NC(=O)CSc3nnnn3C)cc2)cc1. The number of nitrogens with zero attached hydrogens (tertiary/aromatic N) is 4. The predicted octanol–water partition coefficient (Wildman–Crippen LogP) is 3.93. The first-order valence-electron chi connectivity index (χ1n) is 10.2. The van der Waals surface area contributed by atoms with Gasteiger partial charge in [0.2, 0.25) is 11.1 Å². The fourth-order valence-electron chi connectivity index (χ4n) is 2.91. The molecule has 0 atom stereocenters. The summed E-state index contributed by atoms with van der Waals surface area (Å²) in [5, 5.41) is 17.3. The van der Waals surface area contributed by atoms with Gasteiger partial charge in [0.15, 0.2) is 0 Å². The van der Waals surface area contributed by atoms with E-state index in [2.05, 4.69) is 45.2 Å². The van der Waals surface area contributed by atoms with Crippen LogP contribution in [0.25, 0.3) is 0 Å². The Bertz CT molecular complexity index is 1000. The van der Waals surface area contributed by atoms with Crippen LogP contribution < -0.4 is 10.6 Å². The zero-order valence-electron chi connectivity index (χ0n) is 17.7. The van der Waals surface area contributed by atoms with E-state index in [9.17, 15) is 9.59 Å². The normalized spacial score (nSPS) is 10.6. The second kappa shape index (κ2) is 11.3. The Morgan fingerprint density at radius 3 is 2.29 bits per heavy atom. The smallest absolute Gasteiger partial charge is 0.255 e. The summed E-state index contributed by atoms with van der Waals surface area (Å²) in [7, 11) is 1.71. The Balaban J connectivity index is 1.48. The molecule has 0 saturated heterocycles. The third-order valence-corrected chi connectivity index (χ3v) is 5.64. The Morgan fingerprint density at radius 1 is 0.968 bits per heavy atom. The highest BCUT2D eigenvalue weighted by Crippen LogP contribution is 2.16. The van der Waals surface area contributed by atoms with Gasteiger partial charge in [0.1, 0.15) is 0 Å². The molecule has 2 N–H and O–H groups in total. The second-order valence-corrected chi connectivity index (χ2v) is 8.05. The van der Waals surface area contributed by atoms with Gasteiger partial charge in [0.05, 0.1) is 5.75 Å². The van der Waals surface area contributed by atoms with Crippen LogP contribution in [0, 0.1) is 0 Å². The van der Waals surface area contributed by atoms with E-state index < -0.39 is 0 Å². The molecule has 3 aromatic rings. The lowest BCUT2D eigenvalue weighted by molar-refractivity contribution is -0.113. The maximum atomic E-state index is 12.5. The van der Waals surface area contributed by atoms with Crippen molar-refractivity contribution in [3.05, 3.63) is 59.7 Å². The van der Waals surface area contributed by atoms with E-state index in [1.54, 1.807) is 31.3 Å². The summed E-state index contributed by atoms with van der Waals surface area (Å²) in [6, 6.07) is 14.7. The second-order valence-electron chi connectivity index (χ2n) is 7.11. The fraction of sp³-hybridized carbons (Fsp3) is 0.318. The van der Waals surface area contributed by atoms with E-state index in [0.717, 1.165) is 12.1 Å². The Hall–Kier alpha value is -3.20. The first kappa shape index (κ1) is 22.5. The number of unbranched alkanes of at least 4 members (excludes halogenated alkanes) is 2. The largest absolute Gasteiger partial charge is 0.325 e. The van der Waals surface area contributed by atoms with Crippen molar-refractivity contribution in [2.24, 2.45) is 7.05 Å². The number of aryl methyl sites for hydroxylation is 2. The van der Waals surface area contributed by atoms with E-state index in [4.69, 9.17) is 0 Å². The summed E-state index contributed by atoms with van der Waals surface area (Å²) in [6.07, 6.45) is 4.67. The number of aromatic nitrogens is 4. The van der Waals surface area contributed by atoms with Gasteiger partial charge in [0, 0.05) is 24.0 Å². The van der Waals surface area contributed by atoms with E-state index in [0.29, 0.717) is 16.4 Å². The van der Waals surface area contributed by atoms with Crippen LogP contribution in [0.15, 0.2) is 53.7 Å². The zero-order chi connectivity index (χ0) is 22.1. The number of benzene rings is 2. The van der Waals surface area contributed by atoms with E-state index in [-0.39, 0.29) is 17.6 Å². The van der Waals surface area contributed by atoms with Crippen molar-refractivity contribution in [1.29, 1.82) is 0 Å². The number of amides is 2. The van der Waals surface area contributed by atoms with Crippen molar-refractivity contribution in [2.75, 3.05) is 16.4 Å².